The molecule has 1 aromatic heterocycles. The van der Waals surface area contributed by atoms with E-state index in [1.807, 2.05) is 30.3 Å². The Hall–Kier alpha value is -3.95. The minimum atomic E-state index is -3.96. The number of nitrogens with two attached hydrogens (primary N) is 1. The van der Waals surface area contributed by atoms with Gasteiger partial charge in [-0.3, -0.25) is 4.79 Å². The summed E-state index contributed by atoms with van der Waals surface area (Å²) in [7, 11) is -3.96. The van der Waals surface area contributed by atoms with Gasteiger partial charge < -0.3 is 15.3 Å². The van der Waals surface area contributed by atoms with Crippen molar-refractivity contribution in [2.24, 2.45) is 5.73 Å². The second-order valence-corrected chi connectivity index (χ2v) is 10.1. The van der Waals surface area contributed by atoms with Gasteiger partial charge in [-0.05, 0) is 54.8 Å². The number of carbonyl (C=O) groups is 2. The van der Waals surface area contributed by atoms with E-state index in [1.54, 1.807) is 31.2 Å². The van der Waals surface area contributed by atoms with Crippen LogP contribution in [-0.2, 0) is 23.0 Å². The lowest BCUT2D eigenvalue weighted by Crippen LogP contribution is -2.32. The number of furan rings is 1. The topological polar surface area (TPSA) is 131 Å². The molecule has 0 bridgehead atoms. The molecule has 1 amide bonds. The maximum Gasteiger partial charge on any atom is 0.372 e. The number of aryl methyl sites for hydroxylation is 1. The molecule has 0 saturated heterocycles. The Morgan fingerprint density at radius 1 is 0.971 bits per heavy atom. The van der Waals surface area contributed by atoms with Crippen LogP contribution < -0.4 is 5.73 Å². The summed E-state index contributed by atoms with van der Waals surface area (Å²) in [6.45, 7) is 1.88. The Kier molecular flexibility index (Phi) is 6.72. The molecule has 35 heavy (non-hydrogen) atoms. The van der Waals surface area contributed by atoms with Gasteiger partial charge in [0.1, 0.15) is 5.58 Å². The zero-order valence-corrected chi connectivity index (χ0v) is 19.8. The van der Waals surface area contributed by atoms with Gasteiger partial charge in [0.25, 0.3) is 0 Å². The van der Waals surface area contributed by atoms with E-state index in [2.05, 4.69) is 0 Å². The largest absolute Gasteiger partial charge is 0.475 e. The lowest BCUT2D eigenvalue weighted by Gasteiger charge is -2.23. The van der Waals surface area contributed by atoms with Crippen molar-refractivity contribution in [2.45, 2.75) is 24.8 Å². The minimum Gasteiger partial charge on any atom is -0.475 e. The summed E-state index contributed by atoms with van der Waals surface area (Å²) < 4.78 is 34.2. The van der Waals surface area contributed by atoms with Gasteiger partial charge in [-0.2, -0.15) is 4.31 Å². The summed E-state index contributed by atoms with van der Waals surface area (Å²) in [6.07, 6.45) is 0.496. The number of amides is 1. The molecule has 8 nitrogen and oxygen atoms in total. The summed E-state index contributed by atoms with van der Waals surface area (Å²) >= 11 is 0. The molecule has 4 aromatic rings. The number of aromatic carboxylic acids is 1. The van der Waals surface area contributed by atoms with Crippen LogP contribution >= 0.6 is 0 Å². The van der Waals surface area contributed by atoms with Gasteiger partial charge in [-0.15, -0.1) is 0 Å². The summed E-state index contributed by atoms with van der Waals surface area (Å²) in [5, 5.41) is 9.76. The number of hydrogen-bond acceptors (Lipinski definition) is 5. The number of fused-ring (bicyclic) bond motifs is 1. The highest BCUT2D eigenvalue weighted by atomic mass is 32.2. The van der Waals surface area contributed by atoms with Crippen LogP contribution in [0.1, 0.15) is 37.6 Å². The molecule has 0 fully saturated rings. The third-order valence-corrected chi connectivity index (χ3v) is 7.67. The third kappa shape index (κ3) is 5.11. The van der Waals surface area contributed by atoms with Crippen molar-refractivity contribution < 1.29 is 27.5 Å². The Morgan fingerprint density at radius 3 is 2.29 bits per heavy atom. The molecule has 0 aliphatic heterocycles. The lowest BCUT2D eigenvalue weighted by atomic mass is 10.1. The summed E-state index contributed by atoms with van der Waals surface area (Å²) in [5.74, 6) is -1.99. The first-order valence-electron chi connectivity index (χ1n) is 10.9. The molecular weight excluding hydrogens is 468 g/mol. The predicted octanol–water partition coefficient (Wildman–Crippen LogP) is 3.97. The van der Waals surface area contributed by atoms with Crippen LogP contribution in [0.5, 0.6) is 0 Å². The molecule has 0 radical (unpaired) electrons. The standard InChI is InChI=1S/C26H24N2O6S/c1-17-22-15-21(11-12-23(22)34-24(17)26(30)31)35(32,33)28(14-13-18-5-3-2-4-6-18)16-19-7-9-20(10-8-19)25(27)29/h2-12,15H,13-14,16H2,1H3,(H2,27,29)(H,30,31). The van der Waals surface area contributed by atoms with Crippen molar-refractivity contribution in [3.05, 3.63) is 101 Å². The highest BCUT2D eigenvalue weighted by molar-refractivity contribution is 7.89. The number of carboxylic acid groups (broad SMARTS) is 1. The van der Waals surface area contributed by atoms with E-state index in [0.717, 1.165) is 5.56 Å². The second kappa shape index (κ2) is 9.73. The van der Waals surface area contributed by atoms with E-state index in [9.17, 15) is 23.1 Å². The number of nitrogens with zero attached hydrogens (tertiary/aromatic N) is 1. The summed E-state index contributed by atoms with van der Waals surface area (Å²) in [5.41, 5.74) is 8.00. The van der Waals surface area contributed by atoms with Crippen molar-refractivity contribution in [1.82, 2.24) is 4.31 Å². The van der Waals surface area contributed by atoms with E-state index in [4.69, 9.17) is 10.2 Å². The molecule has 0 aliphatic rings. The highest BCUT2D eigenvalue weighted by Gasteiger charge is 2.26. The lowest BCUT2D eigenvalue weighted by molar-refractivity contribution is 0.0663. The van der Waals surface area contributed by atoms with Crippen LogP contribution in [0.4, 0.5) is 0 Å². The Balaban J connectivity index is 1.70. The number of sulfonamides is 1. The predicted molar refractivity (Wildman–Crippen MR) is 131 cm³/mol. The highest BCUT2D eigenvalue weighted by Crippen LogP contribution is 2.29. The Labute approximate surface area is 202 Å². The average Bonchev–Trinajstić information content (AvgIpc) is 3.18. The number of carboxylic acids is 1. The first-order chi connectivity index (χ1) is 16.7. The van der Waals surface area contributed by atoms with Gasteiger partial charge in [0.15, 0.2) is 0 Å². The van der Waals surface area contributed by atoms with Crippen molar-refractivity contribution in [3.63, 3.8) is 0 Å². The Morgan fingerprint density at radius 2 is 1.66 bits per heavy atom. The first-order valence-corrected chi connectivity index (χ1v) is 12.3. The fourth-order valence-corrected chi connectivity index (χ4v) is 5.33. The molecule has 0 aliphatic carbocycles. The Bertz CT molecular complexity index is 1490. The number of rotatable bonds is 9. The van der Waals surface area contributed by atoms with Gasteiger partial charge >= 0.3 is 5.97 Å². The fourth-order valence-electron chi connectivity index (χ4n) is 3.87. The maximum atomic E-state index is 13.7. The molecule has 0 atom stereocenters. The van der Waals surface area contributed by atoms with E-state index < -0.39 is 21.9 Å². The smallest absolute Gasteiger partial charge is 0.372 e. The van der Waals surface area contributed by atoms with Gasteiger partial charge in [0.2, 0.25) is 21.7 Å². The molecule has 180 valence electrons. The van der Waals surface area contributed by atoms with E-state index >= 15 is 0 Å². The normalized spacial score (nSPS) is 11.7. The molecular formula is C26H24N2O6S. The van der Waals surface area contributed by atoms with Crippen LogP contribution in [-0.4, -0.2) is 36.3 Å². The summed E-state index contributed by atoms with van der Waals surface area (Å²) in [6, 6.07) is 20.4. The number of hydrogen-bond donors (Lipinski definition) is 2. The molecule has 4 rings (SSSR count). The first kappa shape index (κ1) is 24.2. The number of benzene rings is 3. The minimum absolute atomic E-state index is 0.0349. The van der Waals surface area contributed by atoms with Crippen molar-refractivity contribution >= 4 is 32.9 Å². The van der Waals surface area contributed by atoms with Crippen LogP contribution in [0.3, 0.4) is 0 Å². The second-order valence-electron chi connectivity index (χ2n) is 8.15. The van der Waals surface area contributed by atoms with E-state index in [0.29, 0.717) is 34.1 Å². The van der Waals surface area contributed by atoms with Crippen LogP contribution in [0, 0.1) is 6.92 Å². The van der Waals surface area contributed by atoms with Gasteiger partial charge in [-0.25, -0.2) is 13.2 Å². The van der Waals surface area contributed by atoms with Crippen molar-refractivity contribution in [3.8, 4) is 0 Å². The molecule has 0 saturated carbocycles. The van der Waals surface area contributed by atoms with Crippen molar-refractivity contribution in [2.75, 3.05) is 6.54 Å². The van der Waals surface area contributed by atoms with E-state index in [1.165, 1.54) is 22.5 Å². The monoisotopic (exact) mass is 492 g/mol. The molecule has 1 heterocycles. The van der Waals surface area contributed by atoms with Gasteiger partial charge in [0.05, 0.1) is 4.90 Å². The molecule has 3 aromatic carbocycles. The van der Waals surface area contributed by atoms with Gasteiger partial charge in [-0.1, -0.05) is 42.5 Å². The molecule has 0 spiro atoms. The quantitative estimate of drug-likeness (QED) is 0.363. The van der Waals surface area contributed by atoms with Crippen LogP contribution in [0.25, 0.3) is 11.0 Å². The van der Waals surface area contributed by atoms with Crippen LogP contribution in [0.2, 0.25) is 0 Å². The third-order valence-electron chi connectivity index (χ3n) is 5.83. The zero-order valence-electron chi connectivity index (χ0n) is 19.0. The number of carbonyl (C=O) groups excluding carboxylic acids is 1. The van der Waals surface area contributed by atoms with Crippen LogP contribution in [0.15, 0.2) is 82.1 Å². The molecule has 3 N–H and O–H groups in total. The van der Waals surface area contributed by atoms with E-state index in [-0.39, 0.29) is 23.7 Å². The zero-order chi connectivity index (χ0) is 25.2. The van der Waals surface area contributed by atoms with Crippen molar-refractivity contribution in [1.29, 1.82) is 0 Å². The maximum absolute atomic E-state index is 13.7. The fraction of sp³-hybridized carbons (Fsp3) is 0.154. The molecule has 0 unspecified atom stereocenters. The SMILES string of the molecule is Cc1c(C(=O)O)oc2ccc(S(=O)(=O)N(CCc3ccccc3)Cc3ccc(C(N)=O)cc3)cc12. The average molecular weight is 493 g/mol. The van der Waals surface area contributed by atoms with Gasteiger partial charge in [0, 0.05) is 29.6 Å². The number of primary amides is 1. The summed E-state index contributed by atoms with van der Waals surface area (Å²) in [4.78, 5) is 22.8. The molecule has 9 heteroatoms.